The first-order valence-electron chi connectivity index (χ1n) is 7.85. The van der Waals surface area contributed by atoms with Gasteiger partial charge in [-0.3, -0.25) is 4.79 Å². The van der Waals surface area contributed by atoms with Gasteiger partial charge in [-0.15, -0.1) is 0 Å². The maximum atomic E-state index is 12.0. The molecule has 0 fully saturated rings. The second-order valence-electron chi connectivity index (χ2n) is 5.58. The van der Waals surface area contributed by atoms with E-state index in [1.807, 2.05) is 13.8 Å². The van der Waals surface area contributed by atoms with Gasteiger partial charge in [0.25, 0.3) is 5.91 Å². The smallest absolute Gasteiger partial charge is 0.338 e. The number of carbonyl (C=O) groups excluding carboxylic acids is 2. The van der Waals surface area contributed by atoms with Crippen LogP contribution < -0.4 is 5.32 Å². The minimum Gasteiger partial charge on any atom is -0.508 e. The fraction of sp³-hybridized carbons (Fsp3) is 0.263. The van der Waals surface area contributed by atoms with Crippen LogP contribution in [0.4, 0.5) is 0 Å². The van der Waals surface area contributed by atoms with Crippen molar-refractivity contribution in [2.75, 3.05) is 6.61 Å². The zero-order valence-corrected chi connectivity index (χ0v) is 13.8. The number of ether oxygens (including phenoxy) is 1. The molecule has 5 heteroatoms. The Labute approximate surface area is 141 Å². The summed E-state index contributed by atoms with van der Waals surface area (Å²) in [7, 11) is 0. The van der Waals surface area contributed by atoms with Gasteiger partial charge in [-0.2, -0.15) is 0 Å². The molecule has 0 saturated heterocycles. The highest BCUT2D eigenvalue weighted by atomic mass is 16.5. The number of aromatic hydroxyl groups is 1. The Morgan fingerprint density at radius 1 is 1.04 bits per heavy atom. The highest BCUT2D eigenvalue weighted by molar-refractivity contribution is 5.91. The molecule has 2 rings (SSSR count). The van der Waals surface area contributed by atoms with Crippen molar-refractivity contribution in [1.82, 2.24) is 5.32 Å². The molecule has 1 atom stereocenters. The average molecular weight is 327 g/mol. The van der Waals surface area contributed by atoms with Crippen LogP contribution in [0.2, 0.25) is 0 Å². The van der Waals surface area contributed by atoms with Gasteiger partial charge in [-0.25, -0.2) is 4.79 Å². The average Bonchev–Trinajstić information content (AvgIpc) is 2.60. The number of benzene rings is 2. The number of hydrogen-bond donors (Lipinski definition) is 2. The summed E-state index contributed by atoms with van der Waals surface area (Å²) in [6.07, 6.45) is 0.818. The van der Waals surface area contributed by atoms with Gasteiger partial charge in [0.2, 0.25) is 0 Å². The predicted molar refractivity (Wildman–Crippen MR) is 91.7 cm³/mol. The number of carbonyl (C=O) groups is 2. The standard InChI is InChI=1S/C19H21NO4/c1-3-13(2)20-18(22)12-24-19(23)16-6-4-14(5-7-16)15-8-10-17(21)11-9-15/h4-11,13,21H,3,12H2,1-2H3,(H,20,22)/t13-/m1/s1. The second kappa shape index (κ2) is 8.15. The second-order valence-corrected chi connectivity index (χ2v) is 5.58. The Bertz CT molecular complexity index is 692. The first-order chi connectivity index (χ1) is 11.5. The van der Waals surface area contributed by atoms with E-state index in [2.05, 4.69) is 5.32 Å². The van der Waals surface area contributed by atoms with Gasteiger partial charge in [-0.1, -0.05) is 31.2 Å². The SMILES string of the molecule is CC[C@@H](C)NC(=O)COC(=O)c1ccc(-c2ccc(O)cc2)cc1. The van der Waals surface area contributed by atoms with E-state index < -0.39 is 5.97 Å². The molecule has 5 nitrogen and oxygen atoms in total. The van der Waals surface area contributed by atoms with Gasteiger partial charge in [0.15, 0.2) is 6.61 Å². The quantitative estimate of drug-likeness (QED) is 0.799. The summed E-state index contributed by atoms with van der Waals surface area (Å²) in [6.45, 7) is 3.57. The molecule has 0 saturated carbocycles. The van der Waals surface area contributed by atoms with Crippen LogP contribution in [0.1, 0.15) is 30.6 Å². The molecule has 0 aliphatic carbocycles. The Kier molecular flexibility index (Phi) is 5.95. The fourth-order valence-electron chi connectivity index (χ4n) is 2.09. The first kappa shape index (κ1) is 17.5. The van der Waals surface area contributed by atoms with Crippen molar-refractivity contribution >= 4 is 11.9 Å². The monoisotopic (exact) mass is 327 g/mol. The van der Waals surface area contributed by atoms with Crippen LogP contribution in [0.5, 0.6) is 5.75 Å². The van der Waals surface area contributed by atoms with E-state index in [-0.39, 0.29) is 24.3 Å². The van der Waals surface area contributed by atoms with E-state index in [4.69, 9.17) is 4.74 Å². The van der Waals surface area contributed by atoms with E-state index in [1.54, 1.807) is 48.5 Å². The van der Waals surface area contributed by atoms with Crippen molar-refractivity contribution in [1.29, 1.82) is 0 Å². The largest absolute Gasteiger partial charge is 0.508 e. The van der Waals surface area contributed by atoms with E-state index in [9.17, 15) is 14.7 Å². The Morgan fingerprint density at radius 3 is 2.12 bits per heavy atom. The number of nitrogens with one attached hydrogen (secondary N) is 1. The van der Waals surface area contributed by atoms with E-state index >= 15 is 0 Å². The van der Waals surface area contributed by atoms with Crippen LogP contribution in [-0.4, -0.2) is 29.6 Å². The van der Waals surface area contributed by atoms with Gasteiger partial charge in [0.05, 0.1) is 5.56 Å². The lowest BCUT2D eigenvalue weighted by Crippen LogP contribution is -2.35. The molecule has 0 aromatic heterocycles. The van der Waals surface area contributed by atoms with Gasteiger partial charge in [0.1, 0.15) is 5.75 Å². The molecule has 0 aliphatic rings. The summed E-state index contributed by atoms with van der Waals surface area (Å²) in [4.78, 5) is 23.6. The summed E-state index contributed by atoms with van der Waals surface area (Å²) in [5.74, 6) is -0.639. The van der Waals surface area contributed by atoms with Crippen molar-refractivity contribution < 1.29 is 19.4 Å². The number of amides is 1. The van der Waals surface area contributed by atoms with Crippen molar-refractivity contribution in [3.05, 3.63) is 54.1 Å². The fourth-order valence-corrected chi connectivity index (χ4v) is 2.09. The molecule has 2 aromatic rings. The van der Waals surface area contributed by atoms with Crippen LogP contribution in [0.15, 0.2) is 48.5 Å². The predicted octanol–water partition coefficient (Wildman–Crippen LogP) is 3.13. The molecule has 0 unspecified atom stereocenters. The summed E-state index contributed by atoms with van der Waals surface area (Å²) < 4.78 is 5.01. The van der Waals surface area contributed by atoms with Gasteiger partial charge >= 0.3 is 5.97 Å². The van der Waals surface area contributed by atoms with Crippen molar-refractivity contribution in [3.8, 4) is 16.9 Å². The normalized spacial score (nSPS) is 11.6. The maximum absolute atomic E-state index is 12.0. The van der Waals surface area contributed by atoms with Gasteiger partial charge < -0.3 is 15.2 Å². The van der Waals surface area contributed by atoms with Crippen molar-refractivity contribution in [2.45, 2.75) is 26.3 Å². The number of phenolic OH excluding ortho intramolecular Hbond substituents is 1. The molecule has 0 aliphatic heterocycles. The van der Waals surface area contributed by atoms with E-state index in [1.165, 1.54) is 0 Å². The zero-order chi connectivity index (χ0) is 17.5. The highest BCUT2D eigenvalue weighted by Crippen LogP contribution is 2.22. The number of hydrogen-bond acceptors (Lipinski definition) is 4. The molecule has 24 heavy (non-hydrogen) atoms. The summed E-state index contributed by atoms with van der Waals surface area (Å²) in [5.41, 5.74) is 2.23. The molecule has 2 aromatic carbocycles. The Morgan fingerprint density at radius 2 is 1.58 bits per heavy atom. The van der Waals surface area contributed by atoms with Gasteiger partial charge in [-0.05, 0) is 48.7 Å². The molecule has 126 valence electrons. The minimum absolute atomic E-state index is 0.0563. The molecule has 0 radical (unpaired) electrons. The summed E-state index contributed by atoms with van der Waals surface area (Å²) in [6, 6.07) is 13.7. The lowest BCUT2D eigenvalue weighted by atomic mass is 10.0. The maximum Gasteiger partial charge on any atom is 0.338 e. The molecule has 0 heterocycles. The molecular weight excluding hydrogens is 306 g/mol. The number of esters is 1. The third-order valence-corrected chi connectivity index (χ3v) is 3.68. The van der Waals surface area contributed by atoms with Crippen LogP contribution in [0, 0.1) is 0 Å². The Balaban J connectivity index is 1.94. The van der Waals surface area contributed by atoms with Crippen LogP contribution >= 0.6 is 0 Å². The lowest BCUT2D eigenvalue weighted by Gasteiger charge is -2.11. The third kappa shape index (κ3) is 4.84. The molecule has 1 amide bonds. The minimum atomic E-state index is -0.536. The summed E-state index contributed by atoms with van der Waals surface area (Å²) >= 11 is 0. The molecule has 0 spiro atoms. The number of rotatable bonds is 6. The van der Waals surface area contributed by atoms with Gasteiger partial charge in [0, 0.05) is 6.04 Å². The van der Waals surface area contributed by atoms with Crippen LogP contribution in [0.3, 0.4) is 0 Å². The van der Waals surface area contributed by atoms with Crippen molar-refractivity contribution in [2.24, 2.45) is 0 Å². The number of phenols is 1. The zero-order valence-electron chi connectivity index (χ0n) is 13.8. The van der Waals surface area contributed by atoms with E-state index in [0.29, 0.717) is 5.56 Å². The first-order valence-corrected chi connectivity index (χ1v) is 7.85. The Hall–Kier alpha value is -2.82. The lowest BCUT2D eigenvalue weighted by molar-refractivity contribution is -0.124. The van der Waals surface area contributed by atoms with Crippen molar-refractivity contribution in [3.63, 3.8) is 0 Å². The third-order valence-electron chi connectivity index (χ3n) is 3.68. The molecule has 0 bridgehead atoms. The van der Waals surface area contributed by atoms with Crippen LogP contribution in [0.25, 0.3) is 11.1 Å². The summed E-state index contributed by atoms with van der Waals surface area (Å²) in [5, 5.41) is 12.0. The van der Waals surface area contributed by atoms with E-state index in [0.717, 1.165) is 17.5 Å². The van der Waals surface area contributed by atoms with Crippen LogP contribution in [-0.2, 0) is 9.53 Å². The molecular formula is C19H21NO4. The topological polar surface area (TPSA) is 75.6 Å². The molecule has 2 N–H and O–H groups in total. The highest BCUT2D eigenvalue weighted by Gasteiger charge is 2.11.